The lowest BCUT2D eigenvalue weighted by Gasteiger charge is -2.36. The van der Waals surface area contributed by atoms with Crippen molar-refractivity contribution >= 4 is 17.4 Å². The topological polar surface area (TPSA) is 82.6 Å². The second kappa shape index (κ2) is 8.62. The van der Waals surface area contributed by atoms with Crippen molar-refractivity contribution in [2.75, 3.05) is 60.1 Å². The van der Waals surface area contributed by atoms with Gasteiger partial charge in [0.2, 0.25) is 0 Å². The molecule has 0 unspecified atom stereocenters. The fraction of sp³-hybridized carbons (Fsp3) is 0.500. The van der Waals surface area contributed by atoms with Gasteiger partial charge < -0.3 is 19.5 Å². The van der Waals surface area contributed by atoms with E-state index in [0.29, 0.717) is 54.5 Å². The molecule has 1 fully saturated rings. The van der Waals surface area contributed by atoms with Crippen molar-refractivity contribution in [1.29, 1.82) is 0 Å². The van der Waals surface area contributed by atoms with Gasteiger partial charge in [-0.05, 0) is 24.6 Å². The van der Waals surface area contributed by atoms with E-state index < -0.39 is 0 Å². The van der Waals surface area contributed by atoms with Gasteiger partial charge >= 0.3 is 0 Å². The monoisotopic (exact) mass is 389 g/mol. The van der Waals surface area contributed by atoms with Crippen LogP contribution >= 0.6 is 0 Å². The van der Waals surface area contributed by atoms with Crippen LogP contribution in [0.25, 0.3) is 5.57 Å². The van der Waals surface area contributed by atoms with Crippen LogP contribution in [-0.4, -0.2) is 91.7 Å². The van der Waals surface area contributed by atoms with E-state index in [4.69, 9.17) is 14.6 Å². The quantitative estimate of drug-likeness (QED) is 0.677. The molecule has 2 aliphatic rings. The van der Waals surface area contributed by atoms with Crippen molar-refractivity contribution in [2.45, 2.75) is 6.92 Å². The molecule has 1 aromatic rings. The van der Waals surface area contributed by atoms with E-state index in [9.17, 15) is 9.59 Å². The van der Waals surface area contributed by atoms with Gasteiger partial charge in [-0.15, -0.1) is 0 Å². The molecule has 0 spiro atoms. The third-order valence-corrected chi connectivity index (χ3v) is 5.24. The molecule has 0 radical (unpaired) electrons. The summed E-state index contributed by atoms with van der Waals surface area (Å²) in [6.07, 6.45) is 0. The first-order valence-electron chi connectivity index (χ1n) is 9.46. The highest BCUT2D eigenvalue weighted by Gasteiger charge is 2.41. The Labute approximate surface area is 164 Å². The molecular weight excluding hydrogens is 362 g/mol. The molecule has 0 bridgehead atoms. The molecule has 2 heterocycles. The van der Waals surface area contributed by atoms with E-state index in [2.05, 4.69) is 4.90 Å². The molecule has 0 atom stereocenters. The maximum atomic E-state index is 13.0. The smallest absolute Gasteiger partial charge is 0.277 e. The highest BCUT2D eigenvalue weighted by atomic mass is 16.5. The van der Waals surface area contributed by atoms with E-state index in [0.717, 1.165) is 13.1 Å². The number of hydrogen-bond acceptors (Lipinski definition) is 7. The number of aliphatic hydroxyl groups excluding tert-OH is 1. The number of β-amino-alcohol motifs (C(OH)–C–C–N with tert-alkyl or cyclic N) is 1. The highest BCUT2D eigenvalue weighted by Crippen LogP contribution is 2.36. The Kier molecular flexibility index (Phi) is 6.21. The number of carbonyl (C=O) groups is 2. The molecule has 0 saturated carbocycles. The normalized spacial score (nSPS) is 18.3. The number of carbonyl (C=O) groups excluding carboxylic acids is 2. The number of methoxy groups -OCH3 is 2. The minimum Gasteiger partial charge on any atom is -0.493 e. The summed E-state index contributed by atoms with van der Waals surface area (Å²) in [6.45, 7) is 5.57. The van der Waals surface area contributed by atoms with Gasteiger partial charge in [-0.3, -0.25) is 19.4 Å². The Balaban J connectivity index is 2.00. The zero-order valence-corrected chi connectivity index (χ0v) is 16.6. The van der Waals surface area contributed by atoms with Crippen molar-refractivity contribution in [3.8, 4) is 11.5 Å². The van der Waals surface area contributed by atoms with E-state index in [1.165, 1.54) is 12.0 Å². The molecule has 3 rings (SSSR count). The first-order chi connectivity index (χ1) is 13.5. The number of ether oxygens (including phenoxy) is 2. The largest absolute Gasteiger partial charge is 0.493 e. The Morgan fingerprint density at radius 2 is 1.68 bits per heavy atom. The third-order valence-electron chi connectivity index (χ3n) is 5.24. The Hall–Kier alpha value is -2.58. The summed E-state index contributed by atoms with van der Waals surface area (Å²) in [7, 11) is 3.09. The minimum atomic E-state index is -0.285. The average Bonchev–Trinajstić information content (AvgIpc) is 2.97. The molecule has 2 amide bonds. The van der Waals surface area contributed by atoms with Gasteiger partial charge in [-0.25, -0.2) is 0 Å². The van der Waals surface area contributed by atoms with Crippen LogP contribution in [-0.2, 0) is 9.59 Å². The molecule has 0 aliphatic carbocycles. The molecule has 1 N–H and O–H groups in total. The zero-order chi connectivity index (χ0) is 20.3. The van der Waals surface area contributed by atoms with Crippen LogP contribution < -0.4 is 9.47 Å². The number of aliphatic hydroxyl groups is 1. The molecule has 1 aromatic carbocycles. The lowest BCUT2D eigenvalue weighted by Crippen LogP contribution is -2.48. The van der Waals surface area contributed by atoms with Gasteiger partial charge in [0.25, 0.3) is 11.8 Å². The van der Waals surface area contributed by atoms with Crippen LogP contribution in [0.15, 0.2) is 23.9 Å². The van der Waals surface area contributed by atoms with E-state index in [1.54, 1.807) is 32.2 Å². The maximum absolute atomic E-state index is 13.0. The second-order valence-corrected chi connectivity index (χ2v) is 6.70. The molecule has 2 aliphatic heterocycles. The number of nitrogens with zero attached hydrogens (tertiary/aromatic N) is 3. The highest BCUT2D eigenvalue weighted by molar-refractivity contribution is 6.35. The molecule has 0 aromatic heterocycles. The summed E-state index contributed by atoms with van der Waals surface area (Å²) in [4.78, 5) is 31.4. The summed E-state index contributed by atoms with van der Waals surface area (Å²) in [5, 5.41) is 9.13. The summed E-state index contributed by atoms with van der Waals surface area (Å²) in [6, 6.07) is 5.26. The number of piperazine rings is 1. The number of hydrogen-bond donors (Lipinski definition) is 1. The van der Waals surface area contributed by atoms with Crippen LogP contribution in [0.5, 0.6) is 11.5 Å². The number of amides is 2. The Bertz CT molecular complexity index is 784. The first kappa shape index (κ1) is 20.2. The molecule has 28 heavy (non-hydrogen) atoms. The van der Waals surface area contributed by atoms with Gasteiger partial charge in [0.05, 0.1) is 26.4 Å². The fourth-order valence-corrected chi connectivity index (χ4v) is 3.73. The van der Waals surface area contributed by atoms with Crippen LogP contribution in [0.3, 0.4) is 0 Å². The number of likely N-dealkylation sites (N-methyl/N-ethyl adjacent to an activating group) is 1. The fourth-order valence-electron chi connectivity index (χ4n) is 3.73. The molecule has 8 nitrogen and oxygen atoms in total. The SMILES string of the molecule is CCN1C(=O)C(c2ccc(OC)c(OC)c2)=C(N2CCN(CCO)CC2)C1=O. The molecule has 152 valence electrons. The summed E-state index contributed by atoms with van der Waals surface area (Å²) >= 11 is 0. The van der Waals surface area contributed by atoms with Gasteiger partial charge in [0.1, 0.15) is 5.70 Å². The Morgan fingerprint density at radius 1 is 1.00 bits per heavy atom. The lowest BCUT2D eigenvalue weighted by atomic mass is 10.0. The maximum Gasteiger partial charge on any atom is 0.277 e. The van der Waals surface area contributed by atoms with Gasteiger partial charge in [0, 0.05) is 39.3 Å². The van der Waals surface area contributed by atoms with Crippen molar-refractivity contribution in [1.82, 2.24) is 14.7 Å². The predicted octanol–water partition coefficient (Wildman–Crippen LogP) is 0.414. The van der Waals surface area contributed by atoms with Crippen molar-refractivity contribution in [2.24, 2.45) is 0 Å². The van der Waals surface area contributed by atoms with Gasteiger partial charge in [-0.1, -0.05) is 6.07 Å². The summed E-state index contributed by atoms with van der Waals surface area (Å²) < 4.78 is 10.7. The number of imide groups is 1. The minimum absolute atomic E-state index is 0.112. The predicted molar refractivity (Wildman–Crippen MR) is 104 cm³/mol. The Morgan fingerprint density at radius 3 is 2.25 bits per heavy atom. The van der Waals surface area contributed by atoms with Crippen LogP contribution in [0.2, 0.25) is 0 Å². The molecule has 1 saturated heterocycles. The average molecular weight is 389 g/mol. The second-order valence-electron chi connectivity index (χ2n) is 6.70. The zero-order valence-electron chi connectivity index (χ0n) is 16.6. The summed E-state index contributed by atoms with van der Waals surface area (Å²) in [5.41, 5.74) is 1.49. The van der Waals surface area contributed by atoms with Crippen molar-refractivity contribution in [3.63, 3.8) is 0 Å². The molecular formula is C20H27N3O5. The van der Waals surface area contributed by atoms with E-state index >= 15 is 0 Å². The van der Waals surface area contributed by atoms with Crippen LogP contribution in [0.1, 0.15) is 12.5 Å². The van der Waals surface area contributed by atoms with Crippen LogP contribution in [0, 0.1) is 0 Å². The van der Waals surface area contributed by atoms with Crippen molar-refractivity contribution in [3.05, 3.63) is 29.5 Å². The van der Waals surface area contributed by atoms with Crippen molar-refractivity contribution < 1.29 is 24.2 Å². The summed E-state index contributed by atoms with van der Waals surface area (Å²) in [5.74, 6) is 0.533. The number of benzene rings is 1. The standard InChI is InChI=1S/C20H27N3O5/c1-4-23-19(25)17(14-5-6-15(27-2)16(13-14)28-3)18(20(23)26)22-9-7-21(8-10-22)11-12-24/h5-6,13,24H,4,7-12H2,1-3H3. The third kappa shape index (κ3) is 3.57. The van der Waals surface area contributed by atoms with Crippen LogP contribution in [0.4, 0.5) is 0 Å². The number of rotatable bonds is 7. The first-order valence-corrected chi connectivity index (χ1v) is 9.46. The van der Waals surface area contributed by atoms with Gasteiger partial charge in [0.15, 0.2) is 11.5 Å². The lowest BCUT2D eigenvalue weighted by molar-refractivity contribution is -0.137. The van der Waals surface area contributed by atoms with E-state index in [1.807, 2.05) is 4.90 Å². The molecule has 8 heteroatoms. The van der Waals surface area contributed by atoms with Gasteiger partial charge in [-0.2, -0.15) is 0 Å². The van der Waals surface area contributed by atoms with E-state index in [-0.39, 0.29) is 18.4 Å².